The van der Waals surface area contributed by atoms with Crippen LogP contribution in [0.25, 0.3) is 26.9 Å². The van der Waals surface area contributed by atoms with Crippen molar-refractivity contribution in [3.8, 4) is 10.4 Å². The molecular weight excluding hydrogens is 544 g/mol. The maximum absolute atomic E-state index is 6.94. The zero-order valence-corrected chi connectivity index (χ0v) is 23.2. The molecule has 7 heteroatoms. The van der Waals surface area contributed by atoms with Crippen molar-refractivity contribution in [2.45, 2.75) is 26.3 Å². The van der Waals surface area contributed by atoms with Gasteiger partial charge in [0.2, 0.25) is 0 Å². The minimum absolute atomic E-state index is 0. The molecule has 26 heavy (non-hydrogen) atoms. The molecule has 0 fully saturated rings. The monoisotopic (exact) mass is 567 g/mol. The molecule has 0 unspecified atom stereocenters. The van der Waals surface area contributed by atoms with Crippen LogP contribution in [0, 0.1) is 14.9 Å². The molecule has 1 nitrogen and oxygen atoms in total. The van der Waals surface area contributed by atoms with E-state index in [4.69, 9.17) is 5.73 Å². The van der Waals surface area contributed by atoms with E-state index in [9.17, 15) is 0 Å². The molecule has 0 aliphatic carbocycles. The Kier molecular flexibility index (Phi) is 21.8. The summed E-state index contributed by atoms with van der Waals surface area (Å²) in [6.07, 6.45) is 0. The molecule has 0 bridgehead atoms. The molecular formula is C19H26BrCl2NSSiZr-4. The standard InChI is InChI=1S/C13H8BrS.C4H10N.2CH3.2ClH.Si.Zr/c14-13-6-5-12(15-13)11-7-9-3-1-2-4-10(9)8-11;1-4(2,3)5;;;;;;/h1-8H;5H,1-3H3;2*1H3;2*1H;;/q4*-1;;;;. The van der Waals surface area contributed by atoms with Crippen molar-refractivity contribution in [2.75, 3.05) is 0 Å². The molecule has 0 aliphatic rings. The number of fused-ring (bicyclic) bond motifs is 1. The van der Waals surface area contributed by atoms with Gasteiger partial charge in [0.05, 0.1) is 3.79 Å². The first-order valence-corrected chi connectivity index (χ1v) is 12.5. The molecule has 3 rings (SSSR count). The van der Waals surface area contributed by atoms with Gasteiger partial charge in [-0.15, -0.1) is 64.9 Å². The first-order valence-electron chi connectivity index (χ1n) is 6.74. The summed E-state index contributed by atoms with van der Waals surface area (Å²) in [5.41, 5.74) is 8.00. The van der Waals surface area contributed by atoms with E-state index in [2.05, 4.69) is 71.3 Å². The number of hydrogen-bond acceptors (Lipinski definition) is 1. The van der Waals surface area contributed by atoms with E-state index in [1.165, 1.54) is 48.3 Å². The van der Waals surface area contributed by atoms with Crippen molar-refractivity contribution < 1.29 is 23.3 Å². The quantitative estimate of drug-likeness (QED) is 0.208. The molecule has 0 saturated carbocycles. The Morgan fingerprint density at radius 3 is 1.96 bits per heavy atom. The van der Waals surface area contributed by atoms with Crippen LogP contribution in [0.5, 0.6) is 0 Å². The van der Waals surface area contributed by atoms with Gasteiger partial charge in [-0.3, -0.25) is 0 Å². The van der Waals surface area contributed by atoms with Gasteiger partial charge in [-0.25, -0.2) is 0 Å². The predicted octanol–water partition coefficient (Wildman–Crippen LogP) is 8.25. The van der Waals surface area contributed by atoms with E-state index in [-0.39, 0.29) is 45.2 Å². The average molecular weight is 571 g/mol. The summed E-state index contributed by atoms with van der Waals surface area (Å²) >= 11 is 6.62. The number of thiophene rings is 1. The summed E-state index contributed by atoms with van der Waals surface area (Å²) in [5.74, 6) is 0. The van der Waals surface area contributed by atoms with Crippen molar-refractivity contribution in [1.29, 1.82) is 0 Å². The van der Waals surface area contributed by atoms with Crippen LogP contribution < -0.4 is 0 Å². The maximum atomic E-state index is 6.94. The minimum atomic E-state index is -0.250. The average Bonchev–Trinajstić information content (AvgIpc) is 3.04. The van der Waals surface area contributed by atoms with E-state index >= 15 is 0 Å². The molecule has 1 aromatic heterocycles. The van der Waals surface area contributed by atoms with Gasteiger partial charge >= 0.3 is 30.2 Å². The summed E-state index contributed by atoms with van der Waals surface area (Å²) < 4.78 is 1.18. The number of halogens is 3. The Labute approximate surface area is 201 Å². The van der Waals surface area contributed by atoms with Crippen molar-refractivity contribution in [3.05, 3.63) is 72.9 Å². The van der Waals surface area contributed by atoms with Gasteiger partial charge < -0.3 is 20.6 Å². The molecule has 2 radical (unpaired) electrons. The molecule has 0 aliphatic heterocycles. The molecule has 1 N–H and O–H groups in total. The first-order chi connectivity index (χ1) is 10.3. The van der Waals surface area contributed by atoms with Gasteiger partial charge in [0.25, 0.3) is 0 Å². The second-order valence-electron chi connectivity index (χ2n) is 5.73. The second-order valence-corrected chi connectivity index (χ2v) is 8.19. The molecule has 0 atom stereocenters. The van der Waals surface area contributed by atoms with Crippen LogP contribution in [-0.4, -0.2) is 12.4 Å². The number of nitrogens with one attached hydrogen (secondary N) is 1. The van der Waals surface area contributed by atoms with E-state index in [1.807, 2.05) is 20.8 Å². The van der Waals surface area contributed by atoms with Crippen LogP contribution >= 0.6 is 52.1 Å². The molecule has 3 aromatic rings. The third kappa shape index (κ3) is 12.9. The van der Waals surface area contributed by atoms with Gasteiger partial charge in [0.1, 0.15) is 0 Å². The SMILES string of the molecule is Brc1ccc(-c2cc3ccccc3[cH-]2)s1.CC(C)(C)[NH-].Cl.Cl.[CH3-].[CH3-].[Si]=[Zr]. The van der Waals surface area contributed by atoms with Crippen LogP contribution in [0.2, 0.25) is 0 Å². The van der Waals surface area contributed by atoms with E-state index in [0.717, 1.165) is 0 Å². The van der Waals surface area contributed by atoms with Crippen LogP contribution in [0.1, 0.15) is 20.8 Å². The first kappa shape index (κ1) is 34.2. The fraction of sp³-hybridized carbons (Fsp3) is 0.211. The molecule has 1 heterocycles. The van der Waals surface area contributed by atoms with Crippen LogP contribution in [-0.2, 0) is 23.3 Å². The van der Waals surface area contributed by atoms with Gasteiger partial charge in [0, 0.05) is 0 Å². The van der Waals surface area contributed by atoms with Crippen LogP contribution in [0.15, 0.2) is 52.3 Å². The van der Waals surface area contributed by atoms with Crippen molar-refractivity contribution in [3.63, 3.8) is 0 Å². The molecule has 0 amide bonds. The second kappa shape index (κ2) is 16.6. The summed E-state index contributed by atoms with van der Waals surface area (Å²) in [5, 5.41) is 2.63. The summed E-state index contributed by atoms with van der Waals surface area (Å²) in [6.45, 7) is 8.62. The number of rotatable bonds is 1. The van der Waals surface area contributed by atoms with Gasteiger partial charge in [-0.1, -0.05) is 45.0 Å². The predicted molar refractivity (Wildman–Crippen MR) is 128 cm³/mol. The molecule has 0 spiro atoms. The van der Waals surface area contributed by atoms with Gasteiger partial charge in [0.15, 0.2) is 0 Å². The van der Waals surface area contributed by atoms with E-state index < -0.39 is 0 Å². The Balaban J connectivity index is -0.000000196. The Bertz CT molecular complexity index is 686. The fourth-order valence-electron chi connectivity index (χ4n) is 1.76. The van der Waals surface area contributed by atoms with Crippen molar-refractivity contribution >= 4 is 69.7 Å². The van der Waals surface area contributed by atoms with E-state index in [0.29, 0.717) is 0 Å². The Morgan fingerprint density at radius 2 is 1.54 bits per heavy atom. The third-order valence-electron chi connectivity index (χ3n) is 2.48. The zero-order valence-electron chi connectivity index (χ0n) is 15.7. The Hall–Kier alpha value is 0.650. The van der Waals surface area contributed by atoms with E-state index in [1.54, 1.807) is 11.3 Å². The number of benzene rings is 1. The van der Waals surface area contributed by atoms with Crippen molar-refractivity contribution in [2.24, 2.45) is 0 Å². The summed E-state index contributed by atoms with van der Waals surface area (Å²) in [4.78, 5) is 1.32. The van der Waals surface area contributed by atoms with Gasteiger partial charge in [-0.05, 0) is 26.9 Å². The topological polar surface area (TPSA) is 23.8 Å². The fourth-order valence-corrected chi connectivity index (χ4v) is 3.14. The third-order valence-corrected chi connectivity index (χ3v) is 4.15. The van der Waals surface area contributed by atoms with Crippen LogP contribution in [0.3, 0.4) is 0 Å². The summed E-state index contributed by atoms with van der Waals surface area (Å²) in [7, 11) is 0. The van der Waals surface area contributed by atoms with Gasteiger partial charge in [-0.2, -0.15) is 11.3 Å². The number of hydrogen-bond donors (Lipinski definition) is 0. The molecule has 0 saturated heterocycles. The van der Waals surface area contributed by atoms with Crippen LogP contribution in [0.4, 0.5) is 0 Å². The normalized spacial score (nSPS) is 8.77. The summed E-state index contributed by atoms with van der Waals surface area (Å²) in [6, 6.07) is 17.2. The zero-order chi connectivity index (χ0) is 16.8. The van der Waals surface area contributed by atoms with Crippen molar-refractivity contribution in [1.82, 2.24) is 0 Å². The Morgan fingerprint density at radius 1 is 1.04 bits per heavy atom. The molecule has 2 aromatic carbocycles. The molecule has 146 valence electrons.